The maximum atomic E-state index is 11.8. The highest BCUT2D eigenvalue weighted by molar-refractivity contribution is 5.82. The molecule has 1 aliphatic heterocycles. The molecule has 0 radical (unpaired) electrons. The molecule has 5 nitrogen and oxygen atoms in total. The number of phenols is 1. The number of nitrogens with zero attached hydrogens (tertiary/aromatic N) is 2. The van der Waals surface area contributed by atoms with Gasteiger partial charge in [0.1, 0.15) is 5.75 Å². The van der Waals surface area contributed by atoms with E-state index in [0.29, 0.717) is 25.2 Å². The van der Waals surface area contributed by atoms with Gasteiger partial charge in [0.15, 0.2) is 0 Å². The lowest BCUT2D eigenvalue weighted by molar-refractivity contribution is -0.128. The molecule has 3 N–H and O–H groups in total. The Morgan fingerprint density at radius 3 is 2.82 bits per heavy atom. The number of nitrogens with two attached hydrogens (primary N) is 1. The third-order valence-electron chi connectivity index (χ3n) is 2.74. The van der Waals surface area contributed by atoms with Crippen molar-refractivity contribution in [2.45, 2.75) is 19.4 Å². The summed E-state index contributed by atoms with van der Waals surface area (Å²) in [7, 11) is 0. The van der Waals surface area contributed by atoms with Crippen LogP contribution in [-0.4, -0.2) is 35.2 Å². The summed E-state index contributed by atoms with van der Waals surface area (Å²) in [5.41, 5.74) is 6.38. The second kappa shape index (κ2) is 4.63. The first-order chi connectivity index (χ1) is 8.09. The first-order valence-corrected chi connectivity index (χ1v) is 5.71. The van der Waals surface area contributed by atoms with E-state index in [1.165, 1.54) is 0 Å². The predicted molar refractivity (Wildman–Crippen MR) is 65.4 cm³/mol. The van der Waals surface area contributed by atoms with Gasteiger partial charge in [0.05, 0.1) is 12.2 Å². The highest BCUT2D eigenvalue weighted by Gasteiger charge is 2.30. The molecule has 0 aromatic heterocycles. The van der Waals surface area contributed by atoms with Crippen molar-refractivity contribution in [2.75, 3.05) is 18.1 Å². The van der Waals surface area contributed by atoms with E-state index in [-0.39, 0.29) is 17.7 Å². The van der Waals surface area contributed by atoms with Gasteiger partial charge >= 0.3 is 0 Å². The Morgan fingerprint density at radius 2 is 2.18 bits per heavy atom. The van der Waals surface area contributed by atoms with E-state index in [0.717, 1.165) is 0 Å². The molecule has 0 bridgehead atoms. The van der Waals surface area contributed by atoms with E-state index in [1.807, 2.05) is 13.0 Å². The van der Waals surface area contributed by atoms with Gasteiger partial charge in [-0.25, -0.2) is 0 Å². The average molecular weight is 235 g/mol. The van der Waals surface area contributed by atoms with Crippen LogP contribution in [0.5, 0.6) is 5.75 Å². The lowest BCUT2D eigenvalue weighted by atomic mass is 10.3. The number of phenolic OH excluding ortho intramolecular Hbond substituents is 1. The van der Waals surface area contributed by atoms with Crippen LogP contribution in [-0.2, 0) is 4.79 Å². The first kappa shape index (κ1) is 11.7. The summed E-state index contributed by atoms with van der Waals surface area (Å²) in [5.74, 6) is 0.224. The number of para-hydroxylation sites is 2. The van der Waals surface area contributed by atoms with E-state index in [1.54, 1.807) is 28.2 Å². The second-order valence-electron chi connectivity index (χ2n) is 4.31. The molecule has 0 saturated carbocycles. The molecule has 0 spiro atoms. The molecule has 1 unspecified atom stereocenters. The van der Waals surface area contributed by atoms with Crippen molar-refractivity contribution in [2.24, 2.45) is 5.73 Å². The van der Waals surface area contributed by atoms with Crippen LogP contribution in [0.3, 0.4) is 0 Å². The van der Waals surface area contributed by atoms with Crippen LogP contribution in [0.1, 0.15) is 13.3 Å². The van der Waals surface area contributed by atoms with Crippen LogP contribution in [0.15, 0.2) is 24.3 Å². The highest BCUT2D eigenvalue weighted by Crippen LogP contribution is 2.30. The first-order valence-electron chi connectivity index (χ1n) is 5.71. The topological polar surface area (TPSA) is 69.8 Å². The minimum Gasteiger partial charge on any atom is -0.506 e. The van der Waals surface area contributed by atoms with E-state index in [9.17, 15) is 9.90 Å². The number of carbonyl (C=O) groups excluding carboxylic acids is 1. The fourth-order valence-electron chi connectivity index (χ4n) is 1.99. The largest absolute Gasteiger partial charge is 0.506 e. The smallest absolute Gasteiger partial charge is 0.242 e. The number of hydrogen-bond donors (Lipinski definition) is 2. The van der Waals surface area contributed by atoms with Gasteiger partial charge in [-0.2, -0.15) is 0 Å². The molecule has 1 aliphatic rings. The van der Waals surface area contributed by atoms with E-state index >= 15 is 0 Å². The van der Waals surface area contributed by atoms with Gasteiger partial charge < -0.3 is 10.8 Å². The van der Waals surface area contributed by atoms with Gasteiger partial charge in [-0.3, -0.25) is 14.8 Å². The fourth-order valence-corrected chi connectivity index (χ4v) is 1.99. The van der Waals surface area contributed by atoms with Gasteiger partial charge in [0, 0.05) is 19.0 Å². The molecule has 92 valence electrons. The Balaban J connectivity index is 2.25. The third kappa shape index (κ3) is 2.34. The normalized spacial score (nSPS) is 17.6. The molecule has 1 amide bonds. The van der Waals surface area contributed by atoms with Crippen molar-refractivity contribution in [1.29, 1.82) is 0 Å². The average Bonchev–Trinajstić information content (AvgIpc) is 2.61. The quantitative estimate of drug-likeness (QED) is 0.809. The zero-order valence-electron chi connectivity index (χ0n) is 9.84. The lowest BCUT2D eigenvalue weighted by Gasteiger charge is -2.31. The SMILES string of the molecule is CC(N)CN1C(=O)CCN1c1ccccc1O. The van der Waals surface area contributed by atoms with E-state index in [4.69, 9.17) is 5.73 Å². The molecule has 5 heteroatoms. The van der Waals surface area contributed by atoms with Crippen molar-refractivity contribution < 1.29 is 9.90 Å². The molecular formula is C12H17N3O2. The van der Waals surface area contributed by atoms with Gasteiger partial charge in [-0.15, -0.1) is 0 Å². The van der Waals surface area contributed by atoms with Crippen molar-refractivity contribution in [3.63, 3.8) is 0 Å². The number of hydrazine groups is 1. The van der Waals surface area contributed by atoms with Crippen molar-refractivity contribution in [3.8, 4) is 5.75 Å². The Labute approximate surface area is 100 Å². The molecule has 2 rings (SSSR count). The second-order valence-corrected chi connectivity index (χ2v) is 4.31. The van der Waals surface area contributed by atoms with Gasteiger partial charge in [-0.1, -0.05) is 12.1 Å². The van der Waals surface area contributed by atoms with Crippen LogP contribution in [0, 0.1) is 0 Å². The van der Waals surface area contributed by atoms with Gasteiger partial charge in [0.2, 0.25) is 5.91 Å². The summed E-state index contributed by atoms with van der Waals surface area (Å²) < 4.78 is 0. The predicted octanol–water partition coefficient (Wildman–Crippen LogP) is 0.693. The van der Waals surface area contributed by atoms with Crippen molar-refractivity contribution in [3.05, 3.63) is 24.3 Å². The Kier molecular flexibility index (Phi) is 3.19. The molecule has 1 saturated heterocycles. The maximum absolute atomic E-state index is 11.8. The Bertz CT molecular complexity index is 420. The molecule has 1 atom stereocenters. The summed E-state index contributed by atoms with van der Waals surface area (Å²) in [6, 6.07) is 6.91. The minimum atomic E-state index is -0.0922. The Hall–Kier alpha value is -1.75. The molecule has 0 aliphatic carbocycles. The fraction of sp³-hybridized carbons (Fsp3) is 0.417. The highest BCUT2D eigenvalue weighted by atomic mass is 16.3. The van der Waals surface area contributed by atoms with Gasteiger partial charge in [-0.05, 0) is 19.1 Å². The maximum Gasteiger partial charge on any atom is 0.242 e. The monoisotopic (exact) mass is 235 g/mol. The van der Waals surface area contributed by atoms with Gasteiger partial charge in [0.25, 0.3) is 0 Å². The van der Waals surface area contributed by atoms with Crippen LogP contribution in [0.4, 0.5) is 5.69 Å². The van der Waals surface area contributed by atoms with Crippen LogP contribution < -0.4 is 10.7 Å². The number of aromatic hydroxyl groups is 1. The Morgan fingerprint density at radius 1 is 1.47 bits per heavy atom. The van der Waals surface area contributed by atoms with Crippen LogP contribution in [0.25, 0.3) is 0 Å². The lowest BCUT2D eigenvalue weighted by Crippen LogP contribution is -2.45. The van der Waals surface area contributed by atoms with E-state index in [2.05, 4.69) is 0 Å². The molecule has 1 fully saturated rings. The van der Waals surface area contributed by atoms with Crippen LogP contribution in [0.2, 0.25) is 0 Å². The molecule has 1 heterocycles. The summed E-state index contributed by atoms with van der Waals surface area (Å²) in [4.78, 5) is 11.8. The zero-order chi connectivity index (χ0) is 12.4. The third-order valence-corrected chi connectivity index (χ3v) is 2.74. The number of benzene rings is 1. The number of amides is 1. The number of anilines is 1. The molecule has 1 aromatic carbocycles. The molecular weight excluding hydrogens is 218 g/mol. The van der Waals surface area contributed by atoms with Crippen molar-refractivity contribution >= 4 is 11.6 Å². The summed E-state index contributed by atoms with van der Waals surface area (Å²) in [5, 5.41) is 13.2. The number of rotatable bonds is 3. The molecule has 17 heavy (non-hydrogen) atoms. The zero-order valence-corrected chi connectivity index (χ0v) is 9.84. The van der Waals surface area contributed by atoms with Crippen LogP contribution >= 0.6 is 0 Å². The molecule has 1 aromatic rings. The number of hydrogen-bond acceptors (Lipinski definition) is 4. The summed E-state index contributed by atoms with van der Waals surface area (Å²) >= 11 is 0. The van der Waals surface area contributed by atoms with Crippen molar-refractivity contribution in [1.82, 2.24) is 5.01 Å². The van der Waals surface area contributed by atoms with E-state index < -0.39 is 0 Å². The summed E-state index contributed by atoms with van der Waals surface area (Å²) in [6.07, 6.45) is 0.459. The minimum absolute atomic E-state index is 0.0468. The summed E-state index contributed by atoms with van der Waals surface area (Å²) in [6.45, 7) is 2.91. The standard InChI is InChI=1S/C12H17N3O2/c1-9(13)8-15-12(17)6-7-14(15)10-4-2-3-5-11(10)16/h2-5,9,16H,6-8,13H2,1H3. The number of carbonyl (C=O) groups is 1.